The van der Waals surface area contributed by atoms with Gasteiger partial charge in [-0.25, -0.2) is 15.0 Å². The molecule has 0 amide bonds. The maximum absolute atomic E-state index is 13.3. The van der Waals surface area contributed by atoms with Crippen molar-refractivity contribution >= 4 is 11.0 Å². The first-order chi connectivity index (χ1) is 18.9. The van der Waals surface area contributed by atoms with Gasteiger partial charge in [-0.1, -0.05) is 6.92 Å². The number of aromatic nitrogens is 7. The molecule has 0 spiro atoms. The lowest BCUT2D eigenvalue weighted by Crippen LogP contribution is -2.50. The van der Waals surface area contributed by atoms with Crippen molar-refractivity contribution in [3.05, 3.63) is 48.6 Å². The molecule has 6 rings (SSSR count). The summed E-state index contributed by atoms with van der Waals surface area (Å²) in [5.41, 5.74) is 2.91. The largest absolute Gasteiger partial charge is 0.474 e. The van der Waals surface area contributed by atoms with E-state index in [4.69, 9.17) is 4.74 Å². The van der Waals surface area contributed by atoms with Crippen molar-refractivity contribution in [2.75, 3.05) is 19.6 Å². The van der Waals surface area contributed by atoms with E-state index in [0.717, 1.165) is 61.1 Å². The van der Waals surface area contributed by atoms with Crippen molar-refractivity contribution in [2.45, 2.75) is 63.5 Å². The van der Waals surface area contributed by atoms with Crippen LogP contribution in [0.5, 0.6) is 5.88 Å². The van der Waals surface area contributed by atoms with Gasteiger partial charge >= 0.3 is 6.18 Å². The predicted molar refractivity (Wildman–Crippen MR) is 137 cm³/mol. The topological polar surface area (TPSA) is 110 Å². The van der Waals surface area contributed by atoms with Crippen molar-refractivity contribution in [2.24, 2.45) is 0 Å². The number of H-pyrrole nitrogens is 1. The van der Waals surface area contributed by atoms with Gasteiger partial charge in [0.2, 0.25) is 11.7 Å². The summed E-state index contributed by atoms with van der Waals surface area (Å²) in [6.45, 7) is 4.41. The van der Waals surface area contributed by atoms with Crippen LogP contribution in [0.4, 0.5) is 13.2 Å². The second-order valence-electron chi connectivity index (χ2n) is 10.1. The van der Waals surface area contributed by atoms with Crippen molar-refractivity contribution in [1.29, 1.82) is 0 Å². The molecule has 1 saturated heterocycles. The van der Waals surface area contributed by atoms with E-state index in [9.17, 15) is 13.2 Å². The molecule has 5 heterocycles. The summed E-state index contributed by atoms with van der Waals surface area (Å²) >= 11 is 0. The van der Waals surface area contributed by atoms with Crippen LogP contribution in [0, 0.1) is 0 Å². The number of alkyl halides is 3. The molecule has 4 aromatic heterocycles. The third-order valence-electron chi connectivity index (χ3n) is 7.54. The van der Waals surface area contributed by atoms with Gasteiger partial charge in [-0.3, -0.25) is 9.58 Å². The van der Waals surface area contributed by atoms with Gasteiger partial charge in [-0.05, 0) is 38.3 Å². The van der Waals surface area contributed by atoms with Crippen LogP contribution in [0.1, 0.15) is 50.2 Å². The van der Waals surface area contributed by atoms with Crippen LogP contribution in [-0.2, 0) is 12.7 Å². The SMILES string of the molecule is CCNCc1cc(OC2CCN(C3CC(n4cc(-c5ncnc6[nH]ccc56)cn4)C3)CC2)nc(C(F)(F)F)n1. The second-order valence-corrected chi connectivity index (χ2v) is 10.1. The normalized spacial score (nSPS) is 20.8. The number of ether oxygens (including phenoxy) is 1. The fourth-order valence-electron chi connectivity index (χ4n) is 5.37. The van der Waals surface area contributed by atoms with Crippen LogP contribution < -0.4 is 10.1 Å². The molecule has 0 bridgehead atoms. The summed E-state index contributed by atoms with van der Waals surface area (Å²) in [5.74, 6) is -1.17. The summed E-state index contributed by atoms with van der Waals surface area (Å²) in [7, 11) is 0. The van der Waals surface area contributed by atoms with Crippen LogP contribution in [0.25, 0.3) is 22.3 Å². The Hall–Kier alpha value is -3.58. The molecule has 2 N–H and O–H groups in total. The zero-order chi connectivity index (χ0) is 27.0. The van der Waals surface area contributed by atoms with E-state index in [0.29, 0.717) is 18.6 Å². The zero-order valence-corrected chi connectivity index (χ0v) is 21.5. The van der Waals surface area contributed by atoms with Gasteiger partial charge in [-0.2, -0.15) is 23.3 Å². The zero-order valence-electron chi connectivity index (χ0n) is 21.5. The Kier molecular flexibility index (Phi) is 6.94. The fraction of sp³-hybridized carbons (Fsp3) is 0.500. The molecule has 4 aromatic rings. The molecular weight excluding hydrogens is 511 g/mol. The molecule has 0 aromatic carbocycles. The molecule has 1 aliphatic heterocycles. The van der Waals surface area contributed by atoms with Gasteiger partial charge in [-0.15, -0.1) is 0 Å². The highest BCUT2D eigenvalue weighted by Crippen LogP contribution is 2.38. The second kappa shape index (κ2) is 10.5. The number of nitrogens with zero attached hydrogens (tertiary/aromatic N) is 7. The number of hydrogen-bond acceptors (Lipinski definition) is 8. The Balaban J connectivity index is 1.02. The number of likely N-dealkylation sites (tertiary alicyclic amines) is 1. The van der Waals surface area contributed by atoms with Gasteiger partial charge in [0.15, 0.2) is 0 Å². The summed E-state index contributed by atoms with van der Waals surface area (Å²) in [5, 5.41) is 8.58. The summed E-state index contributed by atoms with van der Waals surface area (Å²) in [6.07, 6.45) is 6.00. The molecule has 39 heavy (non-hydrogen) atoms. The monoisotopic (exact) mass is 541 g/mol. The van der Waals surface area contributed by atoms with E-state index >= 15 is 0 Å². The number of halogens is 3. The highest BCUT2D eigenvalue weighted by molar-refractivity contribution is 5.89. The molecule has 2 aliphatic rings. The Labute approximate surface area is 223 Å². The van der Waals surface area contributed by atoms with E-state index in [1.807, 2.05) is 30.1 Å². The van der Waals surface area contributed by atoms with Gasteiger partial charge in [0.05, 0.1) is 23.6 Å². The van der Waals surface area contributed by atoms with Crippen LogP contribution >= 0.6 is 0 Å². The van der Waals surface area contributed by atoms with Crippen molar-refractivity contribution < 1.29 is 17.9 Å². The molecule has 1 aliphatic carbocycles. The Morgan fingerprint density at radius 2 is 1.95 bits per heavy atom. The molecule has 0 radical (unpaired) electrons. The van der Waals surface area contributed by atoms with E-state index in [-0.39, 0.29) is 24.2 Å². The Morgan fingerprint density at radius 3 is 2.72 bits per heavy atom. The Bertz CT molecular complexity index is 1420. The minimum Gasteiger partial charge on any atom is -0.474 e. The fourth-order valence-corrected chi connectivity index (χ4v) is 5.37. The summed E-state index contributed by atoms with van der Waals surface area (Å²) in [4.78, 5) is 21.6. The molecule has 0 unspecified atom stereocenters. The highest BCUT2D eigenvalue weighted by atomic mass is 19.4. The third kappa shape index (κ3) is 5.46. The number of fused-ring (bicyclic) bond motifs is 1. The molecule has 0 atom stereocenters. The van der Waals surface area contributed by atoms with Gasteiger partial charge in [0.1, 0.15) is 18.1 Å². The molecule has 13 heteroatoms. The van der Waals surface area contributed by atoms with Gasteiger partial charge in [0, 0.05) is 55.1 Å². The first-order valence-corrected chi connectivity index (χ1v) is 13.3. The average molecular weight is 542 g/mol. The van der Waals surface area contributed by atoms with E-state index in [2.05, 4.69) is 46.4 Å². The quantitative estimate of drug-likeness (QED) is 0.345. The number of rotatable bonds is 8. The molecule has 206 valence electrons. The highest BCUT2D eigenvalue weighted by Gasteiger charge is 2.38. The number of piperidine rings is 1. The maximum Gasteiger partial charge on any atom is 0.451 e. The van der Waals surface area contributed by atoms with Gasteiger partial charge in [0.25, 0.3) is 0 Å². The third-order valence-corrected chi connectivity index (χ3v) is 7.54. The van der Waals surface area contributed by atoms with E-state index in [1.54, 1.807) is 6.33 Å². The molecule has 10 nitrogen and oxygen atoms in total. The average Bonchev–Trinajstić information content (AvgIpc) is 3.57. The van der Waals surface area contributed by atoms with Crippen molar-refractivity contribution in [1.82, 2.24) is 44.9 Å². The predicted octanol–water partition coefficient (Wildman–Crippen LogP) is 3.99. The maximum atomic E-state index is 13.3. The lowest BCUT2D eigenvalue weighted by Gasteiger charge is -2.45. The lowest BCUT2D eigenvalue weighted by atomic mass is 9.84. The Morgan fingerprint density at radius 1 is 1.13 bits per heavy atom. The van der Waals surface area contributed by atoms with Crippen LogP contribution in [0.3, 0.4) is 0 Å². The summed E-state index contributed by atoms with van der Waals surface area (Å²) in [6, 6.07) is 4.26. The summed E-state index contributed by atoms with van der Waals surface area (Å²) < 4.78 is 47.9. The van der Waals surface area contributed by atoms with E-state index in [1.165, 1.54) is 6.07 Å². The standard InChI is InChI=1S/C26H30F3N9O/c1-2-30-13-17-9-22(36-25(35-17)26(27,28)29)39-20-4-7-37(8-5-20)18-10-19(11-18)38-14-16(12-34-38)23-21-3-6-31-24(21)33-15-32-23/h3,6,9,12,14-15,18-20,30H,2,4-5,7-8,10-11,13H2,1H3,(H,31,32,33). The number of hydrogen-bond donors (Lipinski definition) is 2. The number of nitrogens with one attached hydrogen (secondary N) is 2. The first kappa shape index (κ1) is 25.7. The van der Waals surface area contributed by atoms with Crippen molar-refractivity contribution in [3.63, 3.8) is 0 Å². The van der Waals surface area contributed by atoms with Gasteiger partial charge < -0.3 is 15.0 Å². The lowest BCUT2D eigenvalue weighted by molar-refractivity contribution is -0.145. The molecule has 2 fully saturated rings. The minimum atomic E-state index is -4.62. The molecule has 1 saturated carbocycles. The first-order valence-electron chi connectivity index (χ1n) is 13.3. The molecular formula is C26H30F3N9O. The van der Waals surface area contributed by atoms with E-state index < -0.39 is 12.0 Å². The minimum absolute atomic E-state index is 0.0116. The smallest absolute Gasteiger partial charge is 0.451 e. The number of aromatic amines is 1. The van der Waals surface area contributed by atoms with Crippen LogP contribution in [0.2, 0.25) is 0 Å². The van der Waals surface area contributed by atoms with Crippen LogP contribution in [-0.4, -0.2) is 71.4 Å². The van der Waals surface area contributed by atoms with Crippen LogP contribution in [0.15, 0.2) is 37.1 Å². The van der Waals surface area contributed by atoms with Crippen molar-refractivity contribution in [3.8, 4) is 17.1 Å².